The largest absolute Gasteiger partial charge is 0.357 e. The molecule has 1 rings (SSSR count). The van der Waals surface area contributed by atoms with Crippen molar-refractivity contribution in [2.24, 2.45) is 11.3 Å². The molecule has 6 nitrogen and oxygen atoms in total. The van der Waals surface area contributed by atoms with Gasteiger partial charge in [0, 0.05) is 27.7 Å². The standard InChI is InChI=1S/C13H26N6/c1-9(13(2,3)4)8-15-11-16-10(14-5)17-12(18-11)19(6)7/h9H,8H2,1-7H3,(H2,14,15,16,17,18). The molecule has 0 saturated heterocycles. The molecule has 0 aliphatic rings. The van der Waals surface area contributed by atoms with E-state index in [0.717, 1.165) is 6.54 Å². The zero-order valence-corrected chi connectivity index (χ0v) is 13.1. The van der Waals surface area contributed by atoms with Crippen molar-refractivity contribution < 1.29 is 0 Å². The number of aromatic nitrogens is 3. The summed E-state index contributed by atoms with van der Waals surface area (Å²) in [5.74, 6) is 2.35. The lowest BCUT2D eigenvalue weighted by Crippen LogP contribution is -2.26. The maximum absolute atomic E-state index is 4.39. The summed E-state index contributed by atoms with van der Waals surface area (Å²) in [7, 11) is 5.63. The number of hydrogen-bond donors (Lipinski definition) is 2. The molecule has 0 amide bonds. The van der Waals surface area contributed by atoms with E-state index in [9.17, 15) is 0 Å². The van der Waals surface area contributed by atoms with Crippen molar-refractivity contribution in [1.29, 1.82) is 0 Å². The van der Waals surface area contributed by atoms with Crippen molar-refractivity contribution in [3.05, 3.63) is 0 Å². The topological polar surface area (TPSA) is 66.0 Å². The quantitative estimate of drug-likeness (QED) is 0.850. The molecule has 0 saturated carbocycles. The molecule has 1 atom stereocenters. The van der Waals surface area contributed by atoms with E-state index in [1.54, 1.807) is 7.05 Å². The summed E-state index contributed by atoms with van der Waals surface area (Å²) in [6, 6.07) is 0. The monoisotopic (exact) mass is 266 g/mol. The molecular formula is C13H26N6. The van der Waals surface area contributed by atoms with Crippen LogP contribution in [-0.4, -0.2) is 42.6 Å². The number of anilines is 3. The first-order valence-corrected chi connectivity index (χ1v) is 6.59. The van der Waals surface area contributed by atoms with Gasteiger partial charge in [-0.15, -0.1) is 0 Å². The van der Waals surface area contributed by atoms with Gasteiger partial charge in [0.1, 0.15) is 0 Å². The maximum Gasteiger partial charge on any atom is 0.231 e. The molecule has 108 valence electrons. The van der Waals surface area contributed by atoms with Crippen LogP contribution < -0.4 is 15.5 Å². The first kappa shape index (κ1) is 15.5. The number of rotatable bonds is 5. The van der Waals surface area contributed by atoms with E-state index in [1.807, 2.05) is 19.0 Å². The summed E-state index contributed by atoms with van der Waals surface area (Å²) < 4.78 is 0. The second kappa shape index (κ2) is 6.04. The van der Waals surface area contributed by atoms with Gasteiger partial charge in [0.25, 0.3) is 0 Å². The molecule has 2 N–H and O–H groups in total. The normalized spacial score (nSPS) is 13.0. The Hall–Kier alpha value is -1.59. The van der Waals surface area contributed by atoms with Gasteiger partial charge in [-0.25, -0.2) is 0 Å². The molecule has 1 heterocycles. The third kappa shape index (κ3) is 4.54. The van der Waals surface area contributed by atoms with Crippen molar-refractivity contribution in [3.63, 3.8) is 0 Å². The Labute approximate surface area is 116 Å². The Bertz CT molecular complexity index is 410. The van der Waals surface area contributed by atoms with Crippen LogP contribution in [0.2, 0.25) is 0 Å². The minimum Gasteiger partial charge on any atom is -0.357 e. The van der Waals surface area contributed by atoms with E-state index in [0.29, 0.717) is 23.8 Å². The lowest BCUT2D eigenvalue weighted by Gasteiger charge is -2.27. The Kier molecular flexibility index (Phi) is 4.91. The van der Waals surface area contributed by atoms with Crippen LogP contribution in [0.1, 0.15) is 27.7 Å². The van der Waals surface area contributed by atoms with Gasteiger partial charge in [-0.05, 0) is 11.3 Å². The molecule has 0 radical (unpaired) electrons. The molecule has 1 unspecified atom stereocenters. The number of nitrogens with one attached hydrogen (secondary N) is 2. The zero-order valence-electron chi connectivity index (χ0n) is 13.1. The van der Waals surface area contributed by atoms with Gasteiger partial charge in [0.05, 0.1) is 0 Å². The predicted octanol–water partition coefficient (Wildman–Crippen LogP) is 2.07. The van der Waals surface area contributed by atoms with Crippen LogP contribution in [0.4, 0.5) is 17.8 Å². The zero-order chi connectivity index (χ0) is 14.6. The van der Waals surface area contributed by atoms with Gasteiger partial charge >= 0.3 is 0 Å². The molecule has 1 aromatic rings. The average Bonchev–Trinajstić information content (AvgIpc) is 2.34. The smallest absolute Gasteiger partial charge is 0.231 e. The first-order valence-electron chi connectivity index (χ1n) is 6.59. The SMILES string of the molecule is CNc1nc(NCC(C)C(C)(C)C)nc(N(C)C)n1. The van der Waals surface area contributed by atoms with Crippen LogP contribution in [0.15, 0.2) is 0 Å². The third-order valence-corrected chi connectivity index (χ3v) is 3.29. The lowest BCUT2D eigenvalue weighted by atomic mass is 9.82. The number of nitrogens with zero attached hydrogens (tertiary/aromatic N) is 4. The summed E-state index contributed by atoms with van der Waals surface area (Å²) in [4.78, 5) is 14.8. The summed E-state index contributed by atoms with van der Waals surface area (Å²) in [6.45, 7) is 9.76. The van der Waals surface area contributed by atoms with Crippen LogP contribution in [0.25, 0.3) is 0 Å². The Morgan fingerprint density at radius 3 is 2.16 bits per heavy atom. The molecule has 0 aliphatic heterocycles. The molecular weight excluding hydrogens is 240 g/mol. The van der Waals surface area contributed by atoms with Crippen LogP contribution in [0.5, 0.6) is 0 Å². The fourth-order valence-electron chi connectivity index (χ4n) is 1.31. The van der Waals surface area contributed by atoms with E-state index in [-0.39, 0.29) is 5.41 Å². The highest BCUT2D eigenvalue weighted by Crippen LogP contribution is 2.25. The van der Waals surface area contributed by atoms with Gasteiger partial charge in [0.15, 0.2) is 0 Å². The van der Waals surface area contributed by atoms with E-state index >= 15 is 0 Å². The molecule has 0 fully saturated rings. The lowest BCUT2D eigenvalue weighted by molar-refractivity contribution is 0.274. The second-order valence-electron chi connectivity index (χ2n) is 6.08. The number of hydrogen-bond acceptors (Lipinski definition) is 6. The maximum atomic E-state index is 4.39. The molecule has 0 spiro atoms. The van der Waals surface area contributed by atoms with Crippen molar-refractivity contribution in [3.8, 4) is 0 Å². The van der Waals surface area contributed by atoms with Gasteiger partial charge in [-0.3, -0.25) is 0 Å². The van der Waals surface area contributed by atoms with Crippen molar-refractivity contribution in [2.75, 3.05) is 43.2 Å². The molecule has 0 aliphatic carbocycles. The second-order valence-corrected chi connectivity index (χ2v) is 6.08. The van der Waals surface area contributed by atoms with E-state index in [4.69, 9.17) is 0 Å². The van der Waals surface area contributed by atoms with Gasteiger partial charge < -0.3 is 15.5 Å². The molecule has 0 bridgehead atoms. The van der Waals surface area contributed by atoms with Crippen molar-refractivity contribution >= 4 is 17.8 Å². The third-order valence-electron chi connectivity index (χ3n) is 3.29. The molecule has 1 aromatic heterocycles. The van der Waals surface area contributed by atoms with Crippen LogP contribution in [-0.2, 0) is 0 Å². The van der Waals surface area contributed by atoms with Crippen molar-refractivity contribution in [2.45, 2.75) is 27.7 Å². The van der Waals surface area contributed by atoms with E-state index < -0.39 is 0 Å². The predicted molar refractivity (Wildman–Crippen MR) is 80.8 cm³/mol. The minimum atomic E-state index is 0.260. The highest BCUT2D eigenvalue weighted by atomic mass is 15.3. The van der Waals surface area contributed by atoms with Gasteiger partial charge in [-0.1, -0.05) is 27.7 Å². The summed E-state index contributed by atoms with van der Waals surface area (Å²) in [6.07, 6.45) is 0. The van der Waals surface area contributed by atoms with E-state index in [2.05, 4.69) is 53.3 Å². The summed E-state index contributed by atoms with van der Waals surface area (Å²) >= 11 is 0. The Balaban J connectivity index is 2.80. The van der Waals surface area contributed by atoms with E-state index in [1.165, 1.54) is 0 Å². The highest BCUT2D eigenvalue weighted by Gasteiger charge is 2.20. The minimum absolute atomic E-state index is 0.260. The fourth-order valence-corrected chi connectivity index (χ4v) is 1.31. The Morgan fingerprint density at radius 2 is 1.68 bits per heavy atom. The van der Waals surface area contributed by atoms with Crippen LogP contribution in [0.3, 0.4) is 0 Å². The molecule has 0 aromatic carbocycles. The Morgan fingerprint density at radius 1 is 1.11 bits per heavy atom. The van der Waals surface area contributed by atoms with Gasteiger partial charge in [0.2, 0.25) is 17.8 Å². The molecule has 6 heteroatoms. The van der Waals surface area contributed by atoms with Crippen LogP contribution in [0, 0.1) is 11.3 Å². The molecule has 19 heavy (non-hydrogen) atoms. The summed E-state index contributed by atoms with van der Waals surface area (Å²) in [5.41, 5.74) is 0.260. The average molecular weight is 266 g/mol. The highest BCUT2D eigenvalue weighted by molar-refractivity contribution is 5.42. The van der Waals surface area contributed by atoms with Gasteiger partial charge in [-0.2, -0.15) is 15.0 Å². The summed E-state index contributed by atoms with van der Waals surface area (Å²) in [5, 5.41) is 6.24. The van der Waals surface area contributed by atoms with Crippen molar-refractivity contribution in [1.82, 2.24) is 15.0 Å². The fraction of sp³-hybridized carbons (Fsp3) is 0.769. The van der Waals surface area contributed by atoms with Crippen LogP contribution >= 0.6 is 0 Å². The first-order chi connectivity index (χ1) is 8.74.